The molecule has 124 valence electrons. The topological polar surface area (TPSA) is 89.9 Å². The molecule has 3 aliphatic rings. The minimum Gasteiger partial charge on any atom is -0.461 e. The summed E-state index contributed by atoms with van der Waals surface area (Å²) in [6, 6.07) is 0. The molecule has 6 atom stereocenters. The van der Waals surface area contributed by atoms with Crippen molar-refractivity contribution in [3.63, 3.8) is 0 Å². The first kappa shape index (κ1) is 16.0. The average Bonchev–Trinajstić information content (AvgIpc) is 2.67. The van der Waals surface area contributed by atoms with Gasteiger partial charge in [0.2, 0.25) is 0 Å². The van der Waals surface area contributed by atoms with Crippen LogP contribution in [-0.2, 0) is 24.1 Å². The van der Waals surface area contributed by atoms with Crippen LogP contribution >= 0.6 is 0 Å². The highest BCUT2D eigenvalue weighted by atomic mass is 32.3. The zero-order valence-corrected chi connectivity index (χ0v) is 13.8. The molecule has 6 unspecified atom stereocenters. The third-order valence-electron chi connectivity index (χ3n) is 5.86. The van der Waals surface area contributed by atoms with Gasteiger partial charge in [0.1, 0.15) is 6.10 Å². The quantitative estimate of drug-likeness (QED) is 0.474. The minimum atomic E-state index is -4.51. The maximum Gasteiger partial charge on any atom is 0.397 e. The number of ether oxygens (including phenoxy) is 1. The zero-order valence-electron chi connectivity index (χ0n) is 13.0. The molecule has 0 bridgehead atoms. The third kappa shape index (κ3) is 2.39. The summed E-state index contributed by atoms with van der Waals surface area (Å²) in [6.45, 7) is 5.85. The Hall–Kier alpha value is -0.920. The number of carbonyl (C=O) groups is 1. The van der Waals surface area contributed by atoms with Crippen LogP contribution in [-0.4, -0.2) is 31.1 Å². The molecule has 0 radical (unpaired) electrons. The normalized spacial score (nSPS) is 44.8. The van der Waals surface area contributed by atoms with Crippen LogP contribution in [0.5, 0.6) is 0 Å². The Morgan fingerprint density at radius 1 is 1.45 bits per heavy atom. The Balaban J connectivity index is 1.97. The van der Waals surface area contributed by atoms with Gasteiger partial charge in [-0.25, -0.2) is 4.18 Å². The summed E-state index contributed by atoms with van der Waals surface area (Å²) in [5, 5.41) is 0. The molecule has 1 aliphatic heterocycles. The predicted octanol–water partition coefficient (Wildman–Crippen LogP) is 2.12. The molecule has 2 aliphatic carbocycles. The summed E-state index contributed by atoms with van der Waals surface area (Å²) in [6.07, 6.45) is 3.03. The lowest BCUT2D eigenvalue weighted by atomic mass is 9.55. The van der Waals surface area contributed by atoms with Crippen LogP contribution in [0.25, 0.3) is 0 Å². The van der Waals surface area contributed by atoms with E-state index in [0.717, 1.165) is 18.4 Å². The van der Waals surface area contributed by atoms with E-state index in [4.69, 9.17) is 13.5 Å². The molecular weight excluding hydrogens is 308 g/mol. The first-order valence-corrected chi connectivity index (χ1v) is 9.03. The highest BCUT2D eigenvalue weighted by molar-refractivity contribution is 7.80. The van der Waals surface area contributed by atoms with Crippen molar-refractivity contribution in [1.29, 1.82) is 0 Å². The SMILES string of the molecule is CC1=CCC(OS(=O)(=O)O)C2(C)CCC3C(C)C(=O)OC3C12. The summed E-state index contributed by atoms with van der Waals surface area (Å²) < 4.78 is 41.9. The van der Waals surface area contributed by atoms with Gasteiger partial charge in [-0.2, -0.15) is 8.42 Å². The van der Waals surface area contributed by atoms with Crippen molar-refractivity contribution in [2.24, 2.45) is 23.2 Å². The number of hydrogen-bond acceptors (Lipinski definition) is 5. The van der Waals surface area contributed by atoms with Crippen LogP contribution in [0.3, 0.4) is 0 Å². The number of carbonyl (C=O) groups excluding carboxylic acids is 1. The van der Waals surface area contributed by atoms with E-state index in [9.17, 15) is 13.2 Å². The number of hydrogen-bond donors (Lipinski definition) is 1. The Kier molecular flexibility index (Phi) is 3.66. The molecular formula is C15H22O6S. The minimum absolute atomic E-state index is 0.0688. The molecule has 0 spiro atoms. The molecule has 22 heavy (non-hydrogen) atoms. The average molecular weight is 330 g/mol. The Morgan fingerprint density at radius 2 is 2.14 bits per heavy atom. The molecule has 1 N–H and O–H groups in total. The second-order valence-corrected chi connectivity index (χ2v) is 8.12. The molecule has 1 saturated carbocycles. The van der Waals surface area contributed by atoms with Gasteiger partial charge in [-0.3, -0.25) is 9.35 Å². The summed E-state index contributed by atoms with van der Waals surface area (Å²) >= 11 is 0. The lowest BCUT2D eigenvalue weighted by Crippen LogP contribution is -2.53. The van der Waals surface area contributed by atoms with Crippen LogP contribution in [0.4, 0.5) is 0 Å². The number of rotatable bonds is 2. The van der Waals surface area contributed by atoms with Crippen LogP contribution in [0.15, 0.2) is 11.6 Å². The largest absolute Gasteiger partial charge is 0.461 e. The highest BCUT2D eigenvalue weighted by Crippen LogP contribution is 2.57. The molecule has 1 heterocycles. The van der Waals surface area contributed by atoms with Gasteiger partial charge in [0.25, 0.3) is 0 Å². The van der Waals surface area contributed by atoms with E-state index in [0.29, 0.717) is 6.42 Å². The van der Waals surface area contributed by atoms with E-state index in [-0.39, 0.29) is 29.8 Å². The van der Waals surface area contributed by atoms with Gasteiger partial charge in [-0.1, -0.05) is 25.5 Å². The van der Waals surface area contributed by atoms with E-state index in [1.54, 1.807) is 0 Å². The summed E-state index contributed by atoms with van der Waals surface area (Å²) in [5.74, 6) is -0.200. The summed E-state index contributed by atoms with van der Waals surface area (Å²) in [5.41, 5.74) is 0.634. The Labute approximate surface area is 130 Å². The smallest absolute Gasteiger partial charge is 0.397 e. The zero-order chi connectivity index (χ0) is 16.3. The maximum atomic E-state index is 11.9. The second kappa shape index (κ2) is 5.04. The van der Waals surface area contributed by atoms with Crippen LogP contribution < -0.4 is 0 Å². The van der Waals surface area contributed by atoms with Gasteiger partial charge in [0.05, 0.1) is 12.0 Å². The molecule has 0 amide bonds. The summed E-state index contributed by atoms with van der Waals surface area (Å²) in [4.78, 5) is 11.9. The standard InChI is InChI=1S/C15H22O6S/c1-8-4-5-11(21-22(17,18)19)15(3)7-6-10-9(2)14(16)20-13(10)12(8)15/h4,9-13H,5-7H2,1-3H3,(H,17,18,19). The van der Waals surface area contributed by atoms with Crippen LogP contribution in [0, 0.1) is 23.2 Å². The van der Waals surface area contributed by atoms with Crippen LogP contribution in [0.2, 0.25) is 0 Å². The van der Waals surface area contributed by atoms with Crippen molar-refractivity contribution >= 4 is 16.4 Å². The number of fused-ring (bicyclic) bond motifs is 3. The fraction of sp³-hybridized carbons (Fsp3) is 0.800. The van der Waals surface area contributed by atoms with Crippen molar-refractivity contribution in [3.05, 3.63) is 11.6 Å². The second-order valence-electron chi connectivity index (χ2n) is 7.07. The van der Waals surface area contributed by atoms with Crippen molar-refractivity contribution in [1.82, 2.24) is 0 Å². The maximum absolute atomic E-state index is 11.9. The summed E-state index contributed by atoms with van der Waals surface area (Å²) in [7, 11) is -4.51. The lowest BCUT2D eigenvalue weighted by molar-refractivity contribution is -0.150. The van der Waals surface area contributed by atoms with Crippen molar-refractivity contribution in [2.45, 2.75) is 52.2 Å². The first-order valence-electron chi connectivity index (χ1n) is 7.66. The molecule has 3 rings (SSSR count). The lowest BCUT2D eigenvalue weighted by Gasteiger charge is -2.52. The predicted molar refractivity (Wildman–Crippen MR) is 78.2 cm³/mol. The highest BCUT2D eigenvalue weighted by Gasteiger charge is 2.59. The van der Waals surface area contributed by atoms with Gasteiger partial charge in [0.15, 0.2) is 0 Å². The van der Waals surface area contributed by atoms with Crippen LogP contribution in [0.1, 0.15) is 40.0 Å². The van der Waals surface area contributed by atoms with Gasteiger partial charge >= 0.3 is 16.4 Å². The van der Waals surface area contributed by atoms with Gasteiger partial charge < -0.3 is 4.74 Å². The van der Waals surface area contributed by atoms with E-state index >= 15 is 0 Å². The Morgan fingerprint density at radius 3 is 2.77 bits per heavy atom. The number of esters is 1. The van der Waals surface area contributed by atoms with Crippen molar-refractivity contribution < 1.29 is 26.7 Å². The fourth-order valence-electron chi connectivity index (χ4n) is 4.65. The van der Waals surface area contributed by atoms with E-state index in [2.05, 4.69) is 0 Å². The van der Waals surface area contributed by atoms with Crippen molar-refractivity contribution in [2.75, 3.05) is 0 Å². The Bertz CT molecular complexity index is 624. The van der Waals surface area contributed by atoms with Crippen molar-refractivity contribution in [3.8, 4) is 0 Å². The van der Waals surface area contributed by atoms with Gasteiger partial charge in [-0.05, 0) is 26.2 Å². The van der Waals surface area contributed by atoms with Gasteiger partial charge in [0, 0.05) is 17.3 Å². The molecule has 0 aromatic rings. The first-order chi connectivity index (χ1) is 10.1. The fourth-order valence-corrected chi connectivity index (χ4v) is 5.24. The van der Waals surface area contributed by atoms with E-state index in [1.165, 1.54) is 0 Å². The molecule has 2 fully saturated rings. The monoisotopic (exact) mass is 330 g/mol. The molecule has 7 heteroatoms. The van der Waals surface area contributed by atoms with E-state index < -0.39 is 21.9 Å². The molecule has 1 saturated heterocycles. The van der Waals surface area contributed by atoms with E-state index in [1.807, 2.05) is 26.8 Å². The molecule has 0 aromatic carbocycles. The third-order valence-corrected chi connectivity index (χ3v) is 6.34. The molecule has 6 nitrogen and oxygen atoms in total. The van der Waals surface area contributed by atoms with Gasteiger partial charge in [-0.15, -0.1) is 0 Å². The molecule has 0 aromatic heterocycles.